The van der Waals surface area contributed by atoms with Crippen LogP contribution in [0.2, 0.25) is 0 Å². The molecule has 0 aliphatic rings. The fourth-order valence-corrected chi connectivity index (χ4v) is 4.49. The van der Waals surface area contributed by atoms with Crippen LogP contribution < -0.4 is 14.8 Å². The van der Waals surface area contributed by atoms with Gasteiger partial charge in [0.25, 0.3) is 0 Å². The number of benzene rings is 3. The maximum Gasteiger partial charge on any atom is 0.234 e. The Morgan fingerprint density at radius 1 is 0.944 bits per heavy atom. The molecule has 0 bridgehead atoms. The molecule has 1 heterocycles. The number of aromatic nitrogens is 3. The van der Waals surface area contributed by atoms with Crippen LogP contribution in [0.1, 0.15) is 25.3 Å². The predicted molar refractivity (Wildman–Crippen MR) is 144 cm³/mol. The molecular formula is C28H30N4O3S. The van der Waals surface area contributed by atoms with Crippen molar-refractivity contribution in [2.75, 3.05) is 25.3 Å². The first-order valence-electron chi connectivity index (χ1n) is 11.9. The van der Waals surface area contributed by atoms with Gasteiger partial charge in [-0.25, -0.2) is 0 Å². The molecule has 3 aromatic carbocycles. The second-order valence-electron chi connectivity index (χ2n) is 8.21. The molecule has 0 atom stereocenters. The summed E-state index contributed by atoms with van der Waals surface area (Å²) < 4.78 is 12.6. The van der Waals surface area contributed by atoms with Crippen molar-refractivity contribution in [3.05, 3.63) is 78.4 Å². The molecule has 1 N–H and O–H groups in total. The smallest absolute Gasteiger partial charge is 0.234 e. The first kappa shape index (κ1) is 25.3. The van der Waals surface area contributed by atoms with E-state index in [0.29, 0.717) is 11.0 Å². The Morgan fingerprint density at radius 3 is 2.39 bits per heavy atom. The van der Waals surface area contributed by atoms with Gasteiger partial charge in [0.1, 0.15) is 11.5 Å². The highest BCUT2D eigenvalue weighted by Crippen LogP contribution is 2.30. The quantitative estimate of drug-likeness (QED) is 0.253. The molecule has 0 aliphatic heterocycles. The van der Waals surface area contributed by atoms with Gasteiger partial charge in [0.2, 0.25) is 5.91 Å². The van der Waals surface area contributed by atoms with Crippen LogP contribution in [0.4, 0.5) is 5.69 Å². The number of hydrogen-bond acceptors (Lipinski definition) is 6. The molecule has 36 heavy (non-hydrogen) atoms. The largest absolute Gasteiger partial charge is 0.497 e. The second kappa shape index (κ2) is 12.3. The predicted octanol–water partition coefficient (Wildman–Crippen LogP) is 6.02. The van der Waals surface area contributed by atoms with E-state index in [4.69, 9.17) is 9.47 Å². The highest BCUT2D eigenvalue weighted by Gasteiger charge is 2.18. The molecule has 8 heteroatoms. The number of methoxy groups -OCH3 is 2. The van der Waals surface area contributed by atoms with Crippen molar-refractivity contribution >= 4 is 23.4 Å². The summed E-state index contributed by atoms with van der Waals surface area (Å²) in [5.41, 5.74) is 3.79. The van der Waals surface area contributed by atoms with Crippen molar-refractivity contribution < 1.29 is 14.3 Å². The van der Waals surface area contributed by atoms with Crippen LogP contribution in [-0.4, -0.2) is 40.6 Å². The summed E-state index contributed by atoms with van der Waals surface area (Å²) >= 11 is 1.33. The first-order valence-corrected chi connectivity index (χ1v) is 12.9. The van der Waals surface area contributed by atoms with Gasteiger partial charge < -0.3 is 14.8 Å². The number of carbonyl (C=O) groups excluding carboxylic acids is 1. The summed E-state index contributed by atoms with van der Waals surface area (Å²) in [5, 5.41) is 12.4. The van der Waals surface area contributed by atoms with Crippen molar-refractivity contribution in [1.29, 1.82) is 0 Å². The van der Waals surface area contributed by atoms with E-state index >= 15 is 0 Å². The van der Waals surface area contributed by atoms with Crippen LogP contribution in [0.25, 0.3) is 17.1 Å². The normalized spacial score (nSPS) is 10.8. The van der Waals surface area contributed by atoms with Crippen molar-refractivity contribution in [2.24, 2.45) is 0 Å². The average molecular weight is 503 g/mol. The van der Waals surface area contributed by atoms with Gasteiger partial charge in [-0.3, -0.25) is 9.36 Å². The zero-order valence-electron chi connectivity index (χ0n) is 20.7. The lowest BCUT2D eigenvalue weighted by Gasteiger charge is -2.12. The highest BCUT2D eigenvalue weighted by molar-refractivity contribution is 7.99. The van der Waals surface area contributed by atoms with Gasteiger partial charge in [-0.1, -0.05) is 49.4 Å². The number of ether oxygens (including phenoxy) is 2. The van der Waals surface area contributed by atoms with Crippen LogP contribution in [0, 0.1) is 0 Å². The topological polar surface area (TPSA) is 78.3 Å². The molecule has 186 valence electrons. The van der Waals surface area contributed by atoms with Crippen LogP contribution >= 0.6 is 11.8 Å². The number of unbranched alkanes of at least 4 members (excludes halogenated alkanes) is 1. The summed E-state index contributed by atoms with van der Waals surface area (Å²) in [5.74, 6) is 2.23. The zero-order valence-corrected chi connectivity index (χ0v) is 21.5. The molecule has 0 saturated heterocycles. The fraction of sp³-hybridized carbons (Fsp3) is 0.250. The number of anilines is 1. The van der Waals surface area contributed by atoms with E-state index in [-0.39, 0.29) is 11.7 Å². The van der Waals surface area contributed by atoms with Gasteiger partial charge in [0, 0.05) is 16.9 Å². The van der Waals surface area contributed by atoms with Crippen molar-refractivity contribution in [1.82, 2.24) is 14.8 Å². The average Bonchev–Trinajstić information content (AvgIpc) is 3.35. The maximum atomic E-state index is 12.7. The lowest BCUT2D eigenvalue weighted by Crippen LogP contribution is -2.14. The Morgan fingerprint density at radius 2 is 1.69 bits per heavy atom. The van der Waals surface area contributed by atoms with Crippen LogP contribution in [0.3, 0.4) is 0 Å². The Kier molecular flexibility index (Phi) is 8.62. The molecule has 4 aromatic rings. The molecule has 0 unspecified atom stereocenters. The third-order valence-corrected chi connectivity index (χ3v) is 6.61. The summed E-state index contributed by atoms with van der Waals surface area (Å²) in [6.07, 6.45) is 3.38. The highest BCUT2D eigenvalue weighted by atomic mass is 32.2. The van der Waals surface area contributed by atoms with E-state index in [0.717, 1.165) is 47.7 Å². The number of rotatable bonds is 11. The van der Waals surface area contributed by atoms with E-state index in [1.54, 1.807) is 14.2 Å². The first-order chi connectivity index (χ1) is 17.6. The number of amides is 1. The Bertz CT molecular complexity index is 1290. The summed E-state index contributed by atoms with van der Waals surface area (Å²) in [7, 11) is 3.26. The number of carbonyl (C=O) groups is 1. The number of hydrogen-bond donors (Lipinski definition) is 1. The van der Waals surface area contributed by atoms with Crippen LogP contribution in [0.15, 0.2) is 78.0 Å². The third kappa shape index (κ3) is 6.26. The Hall–Kier alpha value is -3.78. The van der Waals surface area contributed by atoms with Crippen LogP contribution in [-0.2, 0) is 11.2 Å². The molecule has 1 amide bonds. The number of aryl methyl sites for hydroxylation is 1. The molecular weight excluding hydrogens is 472 g/mol. The fourth-order valence-electron chi connectivity index (χ4n) is 3.74. The monoisotopic (exact) mass is 502 g/mol. The van der Waals surface area contributed by atoms with Crippen molar-refractivity contribution in [3.8, 4) is 28.6 Å². The summed E-state index contributed by atoms with van der Waals surface area (Å²) in [4.78, 5) is 12.7. The van der Waals surface area contributed by atoms with E-state index in [1.807, 2.05) is 65.2 Å². The maximum absolute atomic E-state index is 12.7. The molecule has 0 fully saturated rings. The lowest BCUT2D eigenvalue weighted by molar-refractivity contribution is -0.113. The minimum absolute atomic E-state index is 0.103. The molecule has 0 spiro atoms. The van der Waals surface area contributed by atoms with E-state index in [9.17, 15) is 4.79 Å². The van der Waals surface area contributed by atoms with Gasteiger partial charge in [0.05, 0.1) is 20.0 Å². The Labute approximate surface area is 215 Å². The van der Waals surface area contributed by atoms with Crippen molar-refractivity contribution in [3.63, 3.8) is 0 Å². The second-order valence-corrected chi connectivity index (χ2v) is 9.15. The van der Waals surface area contributed by atoms with E-state index in [1.165, 1.54) is 17.3 Å². The van der Waals surface area contributed by atoms with E-state index in [2.05, 4.69) is 34.6 Å². The number of nitrogens with zero attached hydrogens (tertiary/aromatic N) is 3. The summed E-state index contributed by atoms with van der Waals surface area (Å²) in [6, 6.07) is 23.4. The number of thioether (sulfide) groups is 1. The molecule has 7 nitrogen and oxygen atoms in total. The molecule has 4 rings (SSSR count). The standard InChI is InChI=1S/C28H30N4O3S/c1-4-5-7-20-10-12-22(13-11-20)29-26(33)19-36-28-31-30-27(21-8-6-9-25(18-21)35-3)32(28)23-14-16-24(34-2)17-15-23/h6,8-18H,4-5,7,19H2,1-3H3,(H,29,33). The van der Waals surface area contributed by atoms with Gasteiger partial charge in [-0.15, -0.1) is 10.2 Å². The van der Waals surface area contributed by atoms with Gasteiger partial charge in [-0.2, -0.15) is 0 Å². The lowest BCUT2D eigenvalue weighted by atomic mass is 10.1. The molecule has 0 aliphatic carbocycles. The third-order valence-electron chi connectivity index (χ3n) is 5.68. The SMILES string of the molecule is CCCCc1ccc(NC(=O)CSc2nnc(-c3cccc(OC)c3)n2-c2ccc(OC)cc2)cc1. The minimum Gasteiger partial charge on any atom is -0.497 e. The number of nitrogens with one attached hydrogen (secondary N) is 1. The van der Waals surface area contributed by atoms with Crippen LogP contribution in [0.5, 0.6) is 11.5 Å². The molecule has 1 aromatic heterocycles. The van der Waals surface area contributed by atoms with E-state index < -0.39 is 0 Å². The summed E-state index contributed by atoms with van der Waals surface area (Å²) in [6.45, 7) is 2.18. The van der Waals surface area contributed by atoms with Gasteiger partial charge in [-0.05, 0) is 66.9 Å². The van der Waals surface area contributed by atoms with Crippen molar-refractivity contribution in [2.45, 2.75) is 31.3 Å². The minimum atomic E-state index is -0.103. The molecule has 0 saturated carbocycles. The van der Waals surface area contributed by atoms with Gasteiger partial charge >= 0.3 is 0 Å². The molecule has 0 radical (unpaired) electrons. The zero-order chi connectivity index (χ0) is 25.3. The van der Waals surface area contributed by atoms with Gasteiger partial charge in [0.15, 0.2) is 11.0 Å². The Balaban J connectivity index is 1.53.